The van der Waals surface area contributed by atoms with E-state index < -0.39 is 5.41 Å². The zero-order valence-electron chi connectivity index (χ0n) is 18.3. The Hall–Kier alpha value is -3.02. The minimum absolute atomic E-state index is 0.0222. The van der Waals surface area contributed by atoms with Crippen molar-refractivity contribution in [3.63, 3.8) is 0 Å². The number of carbonyl (C=O) groups is 1. The van der Waals surface area contributed by atoms with E-state index in [1.807, 2.05) is 63.2 Å². The predicted molar refractivity (Wildman–Crippen MR) is 119 cm³/mol. The first-order valence-electron chi connectivity index (χ1n) is 10.4. The van der Waals surface area contributed by atoms with Gasteiger partial charge in [-0.25, -0.2) is 4.98 Å². The van der Waals surface area contributed by atoms with Gasteiger partial charge in [0, 0.05) is 12.0 Å². The summed E-state index contributed by atoms with van der Waals surface area (Å²) in [6.45, 7) is 7.63. The lowest BCUT2D eigenvalue weighted by atomic mass is 9.96. The van der Waals surface area contributed by atoms with Gasteiger partial charge in [-0.05, 0) is 49.2 Å². The summed E-state index contributed by atoms with van der Waals surface area (Å²) in [5.41, 5.74) is 1.62. The number of methoxy groups -OCH3 is 1. The van der Waals surface area contributed by atoms with Crippen LogP contribution < -0.4 is 14.8 Å². The fourth-order valence-electron chi connectivity index (χ4n) is 3.17. The van der Waals surface area contributed by atoms with Crippen molar-refractivity contribution in [1.82, 2.24) is 14.9 Å². The number of carbonyl (C=O) groups excluding carboxylic acids is 1. The fraction of sp³-hybridized carbons (Fsp3) is 0.417. The van der Waals surface area contributed by atoms with E-state index in [0.29, 0.717) is 13.2 Å². The number of aromatic nitrogens is 2. The number of nitrogens with zero attached hydrogens (tertiary/aromatic N) is 2. The fourth-order valence-corrected chi connectivity index (χ4v) is 3.17. The largest absolute Gasteiger partial charge is 0.497 e. The number of hydrogen-bond donors (Lipinski definition) is 1. The average molecular weight is 410 g/mol. The Morgan fingerprint density at radius 3 is 2.43 bits per heavy atom. The number of fused-ring (bicyclic) bond motifs is 1. The number of imidazole rings is 1. The van der Waals surface area contributed by atoms with Crippen molar-refractivity contribution >= 4 is 16.9 Å². The van der Waals surface area contributed by atoms with Crippen molar-refractivity contribution in [1.29, 1.82) is 0 Å². The highest BCUT2D eigenvalue weighted by molar-refractivity contribution is 5.81. The molecular formula is C24H31N3O3. The molecule has 0 aliphatic rings. The molecule has 6 nitrogen and oxygen atoms in total. The molecule has 3 aromatic rings. The molecule has 30 heavy (non-hydrogen) atoms. The van der Waals surface area contributed by atoms with Crippen LogP contribution in [0.25, 0.3) is 11.0 Å². The van der Waals surface area contributed by atoms with Crippen molar-refractivity contribution < 1.29 is 14.3 Å². The molecule has 0 aliphatic heterocycles. The van der Waals surface area contributed by atoms with Crippen molar-refractivity contribution in [2.75, 3.05) is 13.7 Å². The summed E-state index contributed by atoms with van der Waals surface area (Å²) in [5, 5.41) is 3.02. The van der Waals surface area contributed by atoms with Crippen molar-refractivity contribution in [2.24, 2.45) is 5.41 Å². The highest BCUT2D eigenvalue weighted by atomic mass is 16.5. The molecule has 0 saturated heterocycles. The van der Waals surface area contributed by atoms with Gasteiger partial charge in [0.05, 0.1) is 31.3 Å². The molecule has 0 bridgehead atoms. The summed E-state index contributed by atoms with van der Waals surface area (Å²) >= 11 is 0. The third kappa shape index (κ3) is 5.53. The van der Waals surface area contributed by atoms with Gasteiger partial charge in [-0.3, -0.25) is 4.79 Å². The zero-order chi connectivity index (χ0) is 21.6. The van der Waals surface area contributed by atoms with E-state index in [0.717, 1.165) is 47.7 Å². The zero-order valence-corrected chi connectivity index (χ0v) is 18.3. The lowest BCUT2D eigenvalue weighted by molar-refractivity contribution is -0.128. The summed E-state index contributed by atoms with van der Waals surface area (Å²) < 4.78 is 13.2. The lowest BCUT2D eigenvalue weighted by Gasteiger charge is -2.18. The van der Waals surface area contributed by atoms with E-state index in [-0.39, 0.29) is 5.91 Å². The Balaban J connectivity index is 1.58. The first kappa shape index (κ1) is 21.7. The molecule has 1 amide bonds. The van der Waals surface area contributed by atoms with Crippen LogP contribution in [0.2, 0.25) is 0 Å². The number of hydrogen-bond acceptors (Lipinski definition) is 4. The van der Waals surface area contributed by atoms with E-state index in [9.17, 15) is 4.79 Å². The number of unbranched alkanes of at least 4 members (excludes halogenated alkanes) is 1. The predicted octanol–water partition coefficient (Wildman–Crippen LogP) is 4.57. The molecule has 6 heteroatoms. The van der Waals surface area contributed by atoms with E-state index in [2.05, 4.69) is 16.0 Å². The summed E-state index contributed by atoms with van der Waals surface area (Å²) in [4.78, 5) is 17.0. The first-order chi connectivity index (χ1) is 14.4. The monoisotopic (exact) mass is 409 g/mol. The average Bonchev–Trinajstić information content (AvgIpc) is 3.09. The van der Waals surface area contributed by atoms with Crippen LogP contribution in [0.4, 0.5) is 0 Å². The molecule has 0 saturated carbocycles. The van der Waals surface area contributed by atoms with Crippen LogP contribution in [0.3, 0.4) is 0 Å². The van der Waals surface area contributed by atoms with E-state index in [4.69, 9.17) is 14.5 Å². The molecule has 0 radical (unpaired) electrons. The molecule has 0 aliphatic carbocycles. The van der Waals surface area contributed by atoms with Crippen LogP contribution in [0.1, 0.15) is 39.4 Å². The van der Waals surface area contributed by atoms with Crippen molar-refractivity contribution in [2.45, 2.75) is 46.7 Å². The Morgan fingerprint density at radius 1 is 1.03 bits per heavy atom. The molecule has 1 N–H and O–H groups in total. The van der Waals surface area contributed by atoms with Gasteiger partial charge in [-0.1, -0.05) is 32.9 Å². The molecule has 0 spiro atoms. The van der Waals surface area contributed by atoms with Crippen LogP contribution >= 0.6 is 0 Å². The van der Waals surface area contributed by atoms with Crippen molar-refractivity contribution in [3.8, 4) is 11.5 Å². The standard InChI is InChI=1S/C24H31N3O3/c1-24(2,3)23(28)25-17-22-26-20-9-5-6-10-21(20)27(22)15-7-8-16-30-19-13-11-18(29-4)12-14-19/h5-6,9-14H,7-8,15-17H2,1-4H3,(H,25,28). The van der Waals surface area contributed by atoms with Crippen LogP contribution in [0.15, 0.2) is 48.5 Å². The summed E-state index contributed by atoms with van der Waals surface area (Å²) in [7, 11) is 1.65. The first-order valence-corrected chi connectivity index (χ1v) is 10.4. The van der Waals surface area contributed by atoms with Gasteiger partial charge in [0.1, 0.15) is 17.3 Å². The van der Waals surface area contributed by atoms with Gasteiger partial charge >= 0.3 is 0 Å². The molecule has 0 unspecified atom stereocenters. The summed E-state index contributed by atoms with van der Waals surface area (Å²) in [5.74, 6) is 2.56. The van der Waals surface area contributed by atoms with Crippen LogP contribution in [-0.2, 0) is 17.9 Å². The van der Waals surface area contributed by atoms with Gasteiger partial charge < -0.3 is 19.4 Å². The maximum absolute atomic E-state index is 12.3. The van der Waals surface area contributed by atoms with E-state index in [1.165, 1.54) is 0 Å². The molecule has 1 heterocycles. The summed E-state index contributed by atoms with van der Waals surface area (Å²) in [6, 6.07) is 15.7. The van der Waals surface area contributed by atoms with E-state index >= 15 is 0 Å². The SMILES string of the molecule is COc1ccc(OCCCCn2c(CNC(=O)C(C)(C)C)nc3ccccc32)cc1. The number of nitrogens with one attached hydrogen (secondary N) is 1. The second kappa shape index (κ2) is 9.65. The number of aryl methyl sites for hydroxylation is 1. The van der Waals surface area contributed by atoms with E-state index in [1.54, 1.807) is 7.11 Å². The molecule has 0 fully saturated rings. The highest BCUT2D eigenvalue weighted by Gasteiger charge is 2.21. The van der Waals surface area contributed by atoms with Crippen LogP contribution in [0.5, 0.6) is 11.5 Å². The van der Waals surface area contributed by atoms with Gasteiger partial charge in [-0.15, -0.1) is 0 Å². The number of amides is 1. The van der Waals surface area contributed by atoms with Gasteiger partial charge in [-0.2, -0.15) is 0 Å². The normalized spacial score (nSPS) is 11.5. The Kier molecular flexibility index (Phi) is 6.98. The molecule has 0 atom stereocenters. The number of ether oxygens (including phenoxy) is 2. The van der Waals surface area contributed by atoms with Crippen LogP contribution in [-0.4, -0.2) is 29.2 Å². The molecule has 2 aromatic carbocycles. The Bertz CT molecular complexity index is 972. The Labute approximate surface area is 178 Å². The quantitative estimate of drug-likeness (QED) is 0.526. The smallest absolute Gasteiger partial charge is 0.225 e. The maximum atomic E-state index is 12.3. The molecule has 160 valence electrons. The minimum Gasteiger partial charge on any atom is -0.497 e. The number of benzene rings is 2. The molecular weight excluding hydrogens is 378 g/mol. The number of para-hydroxylation sites is 2. The van der Waals surface area contributed by atoms with Crippen LogP contribution in [0, 0.1) is 5.41 Å². The van der Waals surface area contributed by atoms with Gasteiger partial charge in [0.2, 0.25) is 5.91 Å². The highest BCUT2D eigenvalue weighted by Crippen LogP contribution is 2.19. The second-order valence-electron chi connectivity index (χ2n) is 8.33. The Morgan fingerprint density at radius 2 is 1.73 bits per heavy atom. The second-order valence-corrected chi connectivity index (χ2v) is 8.33. The topological polar surface area (TPSA) is 65.4 Å². The molecule has 1 aromatic heterocycles. The third-order valence-electron chi connectivity index (χ3n) is 4.93. The van der Waals surface area contributed by atoms with Gasteiger partial charge in [0.25, 0.3) is 0 Å². The van der Waals surface area contributed by atoms with Gasteiger partial charge in [0.15, 0.2) is 0 Å². The summed E-state index contributed by atoms with van der Waals surface area (Å²) in [6.07, 6.45) is 1.88. The number of rotatable bonds is 9. The van der Waals surface area contributed by atoms with Crippen molar-refractivity contribution in [3.05, 3.63) is 54.4 Å². The third-order valence-corrected chi connectivity index (χ3v) is 4.93. The molecule has 3 rings (SSSR count). The minimum atomic E-state index is -0.421. The lowest BCUT2D eigenvalue weighted by Crippen LogP contribution is -2.35. The maximum Gasteiger partial charge on any atom is 0.225 e.